The third kappa shape index (κ3) is 3.64. The number of aromatic nitrogens is 3. The summed E-state index contributed by atoms with van der Waals surface area (Å²) in [6, 6.07) is 6.74. The molecule has 1 heterocycles. The largest absolute Gasteiger partial charge is 0.325 e. The number of anilines is 1. The summed E-state index contributed by atoms with van der Waals surface area (Å²) >= 11 is 1.47. The molecule has 1 aromatic carbocycles. The van der Waals surface area contributed by atoms with Crippen LogP contribution in [0.1, 0.15) is 49.7 Å². The number of nitrogens with zero attached hydrogens (tertiary/aromatic N) is 3. The van der Waals surface area contributed by atoms with E-state index in [-0.39, 0.29) is 5.91 Å². The molecule has 6 heteroatoms. The maximum absolute atomic E-state index is 12.4. The van der Waals surface area contributed by atoms with E-state index in [0.29, 0.717) is 11.8 Å². The molecule has 1 N–H and O–H groups in total. The molecular weight excluding hydrogens is 320 g/mol. The number of nitrogens with one attached hydrogen (secondary N) is 1. The molecule has 0 aliphatic heterocycles. The van der Waals surface area contributed by atoms with Gasteiger partial charge in [-0.1, -0.05) is 43.8 Å². The SMILES string of the molecule is CCc1cccc(CC)c1NC(=O)CSc1nnc(C)n1C1CC1. The van der Waals surface area contributed by atoms with E-state index in [1.54, 1.807) is 0 Å². The number of para-hydroxylation sites is 1. The second kappa shape index (κ2) is 7.38. The maximum Gasteiger partial charge on any atom is 0.234 e. The third-order valence-electron chi connectivity index (χ3n) is 4.34. The molecule has 1 aliphatic rings. The summed E-state index contributed by atoms with van der Waals surface area (Å²) < 4.78 is 2.16. The zero-order chi connectivity index (χ0) is 17.1. The van der Waals surface area contributed by atoms with Crippen LogP contribution in [0.15, 0.2) is 23.4 Å². The Kier molecular flexibility index (Phi) is 5.23. The van der Waals surface area contributed by atoms with Gasteiger partial charge in [0.1, 0.15) is 5.82 Å². The summed E-state index contributed by atoms with van der Waals surface area (Å²) in [5.74, 6) is 1.30. The quantitative estimate of drug-likeness (QED) is 0.777. The molecule has 2 aromatic rings. The van der Waals surface area contributed by atoms with Crippen LogP contribution in [0.3, 0.4) is 0 Å². The van der Waals surface area contributed by atoms with Crippen molar-refractivity contribution in [3.63, 3.8) is 0 Å². The van der Waals surface area contributed by atoms with Gasteiger partial charge in [0, 0.05) is 11.7 Å². The molecule has 1 aromatic heterocycles. The Morgan fingerprint density at radius 1 is 1.25 bits per heavy atom. The highest BCUT2D eigenvalue weighted by Crippen LogP contribution is 2.38. The average Bonchev–Trinajstić information content (AvgIpc) is 3.36. The van der Waals surface area contributed by atoms with Gasteiger partial charge in [0.05, 0.1) is 5.75 Å². The molecule has 0 bridgehead atoms. The predicted molar refractivity (Wildman–Crippen MR) is 97.6 cm³/mol. The second-order valence-electron chi connectivity index (χ2n) is 6.13. The number of carbonyl (C=O) groups is 1. The Hall–Kier alpha value is -1.82. The van der Waals surface area contributed by atoms with E-state index in [1.807, 2.05) is 6.92 Å². The first kappa shape index (κ1) is 17.0. The summed E-state index contributed by atoms with van der Waals surface area (Å²) in [6.07, 6.45) is 4.18. The minimum atomic E-state index is 0.0126. The van der Waals surface area contributed by atoms with E-state index >= 15 is 0 Å². The molecule has 24 heavy (non-hydrogen) atoms. The Balaban J connectivity index is 1.67. The molecule has 0 spiro atoms. The number of hydrogen-bond donors (Lipinski definition) is 1. The summed E-state index contributed by atoms with van der Waals surface area (Å²) in [7, 11) is 0. The lowest BCUT2D eigenvalue weighted by atomic mass is 10.0. The van der Waals surface area contributed by atoms with E-state index in [4.69, 9.17) is 0 Å². The van der Waals surface area contributed by atoms with Crippen LogP contribution >= 0.6 is 11.8 Å². The van der Waals surface area contributed by atoms with Crippen LogP contribution in [-0.2, 0) is 17.6 Å². The number of amides is 1. The summed E-state index contributed by atoms with van der Waals surface area (Å²) in [5, 5.41) is 12.3. The number of benzene rings is 1. The first-order chi connectivity index (χ1) is 11.6. The van der Waals surface area contributed by atoms with Gasteiger partial charge in [-0.15, -0.1) is 10.2 Å². The molecule has 5 nitrogen and oxygen atoms in total. The van der Waals surface area contributed by atoms with Gasteiger partial charge in [-0.3, -0.25) is 4.79 Å². The lowest BCUT2D eigenvalue weighted by Crippen LogP contribution is -2.17. The first-order valence-corrected chi connectivity index (χ1v) is 9.57. The maximum atomic E-state index is 12.4. The van der Waals surface area contributed by atoms with Gasteiger partial charge in [0.25, 0.3) is 0 Å². The van der Waals surface area contributed by atoms with Crippen molar-refractivity contribution >= 4 is 23.4 Å². The molecule has 1 aliphatic carbocycles. The van der Waals surface area contributed by atoms with Gasteiger partial charge < -0.3 is 9.88 Å². The van der Waals surface area contributed by atoms with Crippen molar-refractivity contribution in [3.8, 4) is 0 Å². The summed E-state index contributed by atoms with van der Waals surface area (Å²) in [6.45, 7) is 6.20. The van der Waals surface area contributed by atoms with E-state index in [9.17, 15) is 4.79 Å². The third-order valence-corrected chi connectivity index (χ3v) is 5.29. The zero-order valence-corrected chi connectivity index (χ0v) is 15.3. The lowest BCUT2D eigenvalue weighted by Gasteiger charge is -2.14. The number of aryl methyl sites for hydroxylation is 3. The number of thioether (sulfide) groups is 1. The molecule has 3 rings (SSSR count). The molecule has 0 unspecified atom stereocenters. The molecule has 1 amide bonds. The van der Waals surface area contributed by atoms with Crippen molar-refractivity contribution in [1.29, 1.82) is 0 Å². The Morgan fingerprint density at radius 3 is 2.50 bits per heavy atom. The van der Waals surface area contributed by atoms with Gasteiger partial charge in [-0.25, -0.2) is 0 Å². The van der Waals surface area contributed by atoms with Crippen LogP contribution in [0.4, 0.5) is 5.69 Å². The smallest absolute Gasteiger partial charge is 0.234 e. The number of rotatable bonds is 7. The van der Waals surface area contributed by atoms with Gasteiger partial charge >= 0.3 is 0 Å². The van der Waals surface area contributed by atoms with Crippen LogP contribution < -0.4 is 5.32 Å². The second-order valence-corrected chi connectivity index (χ2v) is 7.07. The predicted octanol–water partition coefficient (Wildman–Crippen LogP) is 3.78. The van der Waals surface area contributed by atoms with Crippen LogP contribution in [0.2, 0.25) is 0 Å². The van der Waals surface area contributed by atoms with Crippen molar-refractivity contribution < 1.29 is 4.79 Å². The molecule has 1 saturated carbocycles. The normalized spacial score (nSPS) is 14.0. The van der Waals surface area contributed by atoms with E-state index in [0.717, 1.165) is 29.5 Å². The molecule has 0 saturated heterocycles. The number of hydrogen-bond acceptors (Lipinski definition) is 4. The molecule has 0 radical (unpaired) electrons. The number of carbonyl (C=O) groups excluding carboxylic acids is 1. The van der Waals surface area contributed by atoms with Crippen molar-refractivity contribution in [2.75, 3.05) is 11.1 Å². The molecular formula is C18H24N4OS. The first-order valence-electron chi connectivity index (χ1n) is 8.58. The van der Waals surface area contributed by atoms with Crippen LogP contribution in [0, 0.1) is 6.92 Å². The van der Waals surface area contributed by atoms with Crippen molar-refractivity contribution in [2.24, 2.45) is 0 Å². The van der Waals surface area contributed by atoms with Crippen molar-refractivity contribution in [2.45, 2.75) is 57.7 Å². The highest BCUT2D eigenvalue weighted by Gasteiger charge is 2.28. The van der Waals surface area contributed by atoms with Gasteiger partial charge in [-0.05, 0) is 43.7 Å². The van der Waals surface area contributed by atoms with E-state index < -0.39 is 0 Å². The van der Waals surface area contributed by atoms with Gasteiger partial charge in [0.2, 0.25) is 5.91 Å². The Bertz CT molecular complexity index is 714. The lowest BCUT2D eigenvalue weighted by molar-refractivity contribution is -0.113. The monoisotopic (exact) mass is 344 g/mol. The Labute approximate surface area is 147 Å². The fraction of sp³-hybridized carbons (Fsp3) is 0.500. The van der Waals surface area contributed by atoms with Crippen LogP contribution in [0.5, 0.6) is 0 Å². The van der Waals surface area contributed by atoms with Crippen LogP contribution in [0.25, 0.3) is 0 Å². The molecule has 1 fully saturated rings. The molecule has 128 valence electrons. The standard InChI is InChI=1S/C18H24N4OS/c1-4-13-7-6-8-14(5-2)17(13)19-16(23)11-24-18-21-20-12(3)22(18)15-9-10-15/h6-8,15H,4-5,9-11H2,1-3H3,(H,19,23). The van der Waals surface area contributed by atoms with E-state index in [1.165, 1.54) is 35.7 Å². The van der Waals surface area contributed by atoms with Gasteiger partial charge in [-0.2, -0.15) is 0 Å². The topological polar surface area (TPSA) is 59.8 Å². The van der Waals surface area contributed by atoms with E-state index in [2.05, 4.69) is 52.1 Å². The van der Waals surface area contributed by atoms with Crippen LogP contribution in [-0.4, -0.2) is 26.4 Å². The minimum absolute atomic E-state index is 0.0126. The average molecular weight is 344 g/mol. The summed E-state index contributed by atoms with van der Waals surface area (Å²) in [5.41, 5.74) is 3.35. The highest BCUT2D eigenvalue weighted by molar-refractivity contribution is 7.99. The fourth-order valence-electron chi connectivity index (χ4n) is 2.91. The Morgan fingerprint density at radius 2 is 1.92 bits per heavy atom. The highest BCUT2D eigenvalue weighted by atomic mass is 32.2. The molecule has 0 atom stereocenters. The minimum Gasteiger partial charge on any atom is -0.325 e. The fourth-order valence-corrected chi connectivity index (χ4v) is 3.76. The summed E-state index contributed by atoms with van der Waals surface area (Å²) in [4.78, 5) is 12.4. The van der Waals surface area contributed by atoms with Crippen molar-refractivity contribution in [1.82, 2.24) is 14.8 Å². The van der Waals surface area contributed by atoms with Gasteiger partial charge in [0.15, 0.2) is 5.16 Å². The zero-order valence-electron chi connectivity index (χ0n) is 14.5. The van der Waals surface area contributed by atoms with Crippen molar-refractivity contribution in [3.05, 3.63) is 35.2 Å².